The molecule has 174 valence electrons. The fraction of sp³-hybridized carbons (Fsp3) is 0.381. The Morgan fingerprint density at radius 2 is 1.81 bits per heavy atom. The molecular formula is C21H23F3N2O5S. The van der Waals surface area contributed by atoms with Gasteiger partial charge in [0, 0.05) is 6.54 Å². The van der Waals surface area contributed by atoms with E-state index in [1.54, 1.807) is 32.0 Å². The van der Waals surface area contributed by atoms with E-state index in [0.717, 1.165) is 18.2 Å². The molecule has 0 fully saturated rings. The van der Waals surface area contributed by atoms with Gasteiger partial charge >= 0.3 is 6.18 Å². The average molecular weight is 472 g/mol. The normalized spacial score (nSPS) is 14.4. The number of carbonyl (C=O) groups is 1. The summed E-state index contributed by atoms with van der Waals surface area (Å²) in [6, 6.07) is 7.35. The highest BCUT2D eigenvalue weighted by Crippen LogP contribution is 2.32. The highest BCUT2D eigenvalue weighted by molar-refractivity contribution is 7.89. The Balaban J connectivity index is 1.73. The molecule has 3 rings (SSSR count). The number of rotatable bonds is 8. The molecule has 2 N–H and O–H groups in total. The van der Waals surface area contributed by atoms with Crippen molar-refractivity contribution in [3.63, 3.8) is 0 Å². The zero-order valence-corrected chi connectivity index (χ0v) is 18.2. The molecule has 0 saturated heterocycles. The summed E-state index contributed by atoms with van der Waals surface area (Å²) in [5.74, 6) is 0.486. The van der Waals surface area contributed by atoms with Crippen LogP contribution in [0.2, 0.25) is 0 Å². The van der Waals surface area contributed by atoms with Gasteiger partial charge in [0.05, 0.1) is 10.5 Å². The molecule has 2 aromatic rings. The van der Waals surface area contributed by atoms with Crippen LogP contribution in [0.5, 0.6) is 11.5 Å². The molecule has 0 spiro atoms. The number of benzene rings is 2. The van der Waals surface area contributed by atoms with Gasteiger partial charge in [0.2, 0.25) is 22.7 Å². The first kappa shape index (κ1) is 23.9. The third-order valence-electron chi connectivity index (χ3n) is 4.70. The number of nitrogens with one attached hydrogen (secondary N) is 2. The minimum Gasteiger partial charge on any atom is -0.454 e. The first-order valence-corrected chi connectivity index (χ1v) is 11.3. The Kier molecular flexibility index (Phi) is 6.99. The summed E-state index contributed by atoms with van der Waals surface area (Å²) < 4.78 is 77.1. The summed E-state index contributed by atoms with van der Waals surface area (Å²) >= 11 is 0. The fourth-order valence-corrected chi connectivity index (χ4v) is 4.39. The Hall–Kier alpha value is -2.79. The Bertz CT molecular complexity index is 1090. The van der Waals surface area contributed by atoms with Crippen LogP contribution in [0, 0.1) is 5.92 Å². The molecule has 1 atom stereocenters. The van der Waals surface area contributed by atoms with Crippen LogP contribution in [-0.4, -0.2) is 27.2 Å². The maximum Gasteiger partial charge on any atom is 0.416 e. The van der Waals surface area contributed by atoms with Gasteiger partial charge in [0.1, 0.15) is 6.04 Å². The molecule has 0 aliphatic carbocycles. The van der Waals surface area contributed by atoms with Gasteiger partial charge in [-0.05, 0) is 48.2 Å². The molecule has 1 heterocycles. The number of carbonyl (C=O) groups excluding carboxylic acids is 1. The maximum atomic E-state index is 13.0. The quantitative estimate of drug-likeness (QED) is 0.614. The van der Waals surface area contributed by atoms with Crippen LogP contribution in [0.3, 0.4) is 0 Å². The van der Waals surface area contributed by atoms with Gasteiger partial charge in [-0.1, -0.05) is 26.0 Å². The van der Waals surface area contributed by atoms with Gasteiger partial charge in [-0.25, -0.2) is 8.42 Å². The average Bonchev–Trinajstić information content (AvgIpc) is 3.18. The molecule has 11 heteroatoms. The molecule has 1 aliphatic rings. The van der Waals surface area contributed by atoms with Gasteiger partial charge in [0.15, 0.2) is 11.5 Å². The predicted octanol–water partition coefficient (Wildman–Crippen LogP) is 3.44. The number of hydrogen-bond donors (Lipinski definition) is 2. The van der Waals surface area contributed by atoms with E-state index >= 15 is 0 Å². The molecule has 0 saturated carbocycles. The highest BCUT2D eigenvalue weighted by Gasteiger charge is 2.33. The highest BCUT2D eigenvalue weighted by atomic mass is 32.2. The molecule has 0 bridgehead atoms. The smallest absolute Gasteiger partial charge is 0.416 e. The summed E-state index contributed by atoms with van der Waals surface area (Å²) in [5.41, 5.74) is -0.375. The van der Waals surface area contributed by atoms with Gasteiger partial charge in [-0.3, -0.25) is 4.79 Å². The van der Waals surface area contributed by atoms with Gasteiger partial charge in [-0.2, -0.15) is 17.9 Å². The van der Waals surface area contributed by atoms with Crippen molar-refractivity contribution in [3.05, 3.63) is 53.6 Å². The molecule has 7 nitrogen and oxygen atoms in total. The third-order valence-corrected chi connectivity index (χ3v) is 6.17. The lowest BCUT2D eigenvalue weighted by molar-refractivity contribution is -0.137. The third kappa shape index (κ3) is 5.92. The summed E-state index contributed by atoms with van der Waals surface area (Å²) in [6.07, 6.45) is -4.53. The first-order chi connectivity index (χ1) is 15.0. The van der Waals surface area contributed by atoms with Crippen LogP contribution in [0.15, 0.2) is 47.4 Å². The lowest BCUT2D eigenvalue weighted by Gasteiger charge is -2.20. The Morgan fingerprint density at radius 1 is 1.09 bits per heavy atom. The molecule has 1 aliphatic heterocycles. The van der Waals surface area contributed by atoms with E-state index in [4.69, 9.17) is 9.47 Å². The zero-order chi connectivity index (χ0) is 23.5. The molecule has 2 aromatic carbocycles. The van der Waals surface area contributed by atoms with Crippen molar-refractivity contribution >= 4 is 15.9 Å². The number of ether oxygens (including phenoxy) is 2. The van der Waals surface area contributed by atoms with E-state index in [-0.39, 0.29) is 25.7 Å². The number of amides is 1. The van der Waals surface area contributed by atoms with Crippen molar-refractivity contribution in [2.75, 3.05) is 6.79 Å². The second-order valence-electron chi connectivity index (χ2n) is 7.73. The maximum absolute atomic E-state index is 13.0. The van der Waals surface area contributed by atoms with E-state index in [1.807, 2.05) is 0 Å². The first-order valence-electron chi connectivity index (χ1n) is 9.81. The molecule has 0 unspecified atom stereocenters. The molecule has 0 radical (unpaired) electrons. The van der Waals surface area contributed by atoms with Crippen molar-refractivity contribution in [2.45, 2.75) is 43.9 Å². The van der Waals surface area contributed by atoms with Crippen LogP contribution in [0.25, 0.3) is 0 Å². The van der Waals surface area contributed by atoms with Crippen molar-refractivity contribution in [1.29, 1.82) is 0 Å². The topological polar surface area (TPSA) is 93.7 Å². The summed E-state index contributed by atoms with van der Waals surface area (Å²) in [7, 11) is -4.37. The van der Waals surface area contributed by atoms with E-state index < -0.39 is 38.6 Å². The van der Waals surface area contributed by atoms with E-state index in [1.165, 1.54) is 0 Å². The van der Waals surface area contributed by atoms with E-state index in [0.29, 0.717) is 23.1 Å². The van der Waals surface area contributed by atoms with Crippen molar-refractivity contribution < 1.29 is 35.9 Å². The number of sulfonamides is 1. The molecule has 32 heavy (non-hydrogen) atoms. The van der Waals surface area contributed by atoms with Gasteiger partial charge in [0.25, 0.3) is 0 Å². The van der Waals surface area contributed by atoms with Crippen molar-refractivity contribution in [2.24, 2.45) is 5.92 Å². The number of alkyl halides is 3. The summed E-state index contributed by atoms with van der Waals surface area (Å²) in [4.78, 5) is 12.2. The number of halogens is 3. The van der Waals surface area contributed by atoms with E-state index in [2.05, 4.69) is 10.0 Å². The van der Waals surface area contributed by atoms with Crippen molar-refractivity contribution in [1.82, 2.24) is 10.0 Å². The van der Waals surface area contributed by atoms with Crippen LogP contribution >= 0.6 is 0 Å². The Morgan fingerprint density at radius 3 is 2.50 bits per heavy atom. The number of fused-ring (bicyclic) bond motifs is 1. The summed E-state index contributed by atoms with van der Waals surface area (Å²) in [5, 5.41) is 2.66. The largest absolute Gasteiger partial charge is 0.454 e. The Labute approximate surface area is 184 Å². The van der Waals surface area contributed by atoms with Crippen LogP contribution in [-0.2, 0) is 27.5 Å². The second kappa shape index (κ2) is 9.37. The van der Waals surface area contributed by atoms with Crippen molar-refractivity contribution in [3.8, 4) is 11.5 Å². The molecule has 1 amide bonds. The second-order valence-corrected chi connectivity index (χ2v) is 9.45. The summed E-state index contributed by atoms with van der Waals surface area (Å²) in [6.45, 7) is 3.82. The van der Waals surface area contributed by atoms with Gasteiger partial charge < -0.3 is 14.8 Å². The lowest BCUT2D eigenvalue weighted by atomic mass is 10.0. The zero-order valence-electron chi connectivity index (χ0n) is 17.4. The van der Waals surface area contributed by atoms with Crippen LogP contribution in [0.1, 0.15) is 31.4 Å². The van der Waals surface area contributed by atoms with Crippen LogP contribution in [0.4, 0.5) is 13.2 Å². The minimum absolute atomic E-state index is 0.0551. The predicted molar refractivity (Wildman–Crippen MR) is 109 cm³/mol. The number of hydrogen-bond acceptors (Lipinski definition) is 5. The SMILES string of the molecule is CC(C)C[C@H](NS(=O)(=O)c1cccc(C(F)(F)F)c1)C(=O)NCc1ccc2c(c1)OCO2. The molecule has 0 aromatic heterocycles. The van der Waals surface area contributed by atoms with E-state index in [9.17, 15) is 26.4 Å². The minimum atomic E-state index is -4.69. The lowest BCUT2D eigenvalue weighted by Crippen LogP contribution is -2.47. The molecular weight excluding hydrogens is 449 g/mol. The monoisotopic (exact) mass is 472 g/mol. The van der Waals surface area contributed by atoms with Crippen LogP contribution < -0.4 is 19.5 Å². The van der Waals surface area contributed by atoms with Gasteiger partial charge in [-0.15, -0.1) is 0 Å². The standard InChI is InChI=1S/C21H23F3N2O5S/c1-13(2)8-17(20(27)25-11-14-6-7-18-19(9-14)31-12-30-18)26-32(28,29)16-5-3-4-15(10-16)21(22,23)24/h3-7,9-10,13,17,26H,8,11-12H2,1-2H3,(H,25,27)/t17-/m0/s1. The fourth-order valence-electron chi connectivity index (χ4n) is 3.14.